The number of nitrogens with zero attached hydrogens (tertiary/aromatic N) is 2. The van der Waals surface area contributed by atoms with Crippen LogP contribution in [0.1, 0.15) is 28.9 Å². The molecular weight excluding hydrogens is 304 g/mol. The maximum atomic E-state index is 10.8. The molecule has 0 bridgehead atoms. The highest BCUT2D eigenvalue weighted by Crippen LogP contribution is 2.15. The van der Waals surface area contributed by atoms with E-state index in [1.807, 2.05) is 25.1 Å². The first-order valence-electron chi connectivity index (χ1n) is 8.14. The first-order chi connectivity index (χ1) is 11.5. The Kier molecular flexibility index (Phi) is 6.37. The number of aryl methyl sites for hydroxylation is 2. The van der Waals surface area contributed by atoms with Gasteiger partial charge in [-0.2, -0.15) is 5.10 Å². The number of amides is 1. The van der Waals surface area contributed by atoms with Gasteiger partial charge in [0.2, 0.25) is 0 Å². The molecule has 0 aliphatic carbocycles. The smallest absolute Gasteiger partial charge is 0.255 e. The van der Waals surface area contributed by atoms with Gasteiger partial charge in [0.25, 0.3) is 5.91 Å². The zero-order chi connectivity index (χ0) is 17.5. The molecule has 1 heterocycles. The van der Waals surface area contributed by atoms with Gasteiger partial charge in [0.05, 0.1) is 5.69 Å². The molecular formula is C18H26N4O2. The number of carbonyl (C=O) groups is 1. The van der Waals surface area contributed by atoms with Crippen molar-refractivity contribution in [2.45, 2.75) is 33.2 Å². The Morgan fingerprint density at radius 1 is 1.38 bits per heavy atom. The number of rotatable bonds is 9. The molecule has 0 radical (unpaired) electrons. The maximum Gasteiger partial charge on any atom is 0.255 e. The summed E-state index contributed by atoms with van der Waals surface area (Å²) in [6.45, 7) is 5.84. The second-order valence-electron chi connectivity index (χ2n) is 6.16. The molecule has 1 amide bonds. The lowest BCUT2D eigenvalue weighted by Crippen LogP contribution is -2.21. The summed E-state index contributed by atoms with van der Waals surface area (Å²) in [4.78, 5) is 13.1. The van der Waals surface area contributed by atoms with E-state index in [-0.39, 0.29) is 6.61 Å². The van der Waals surface area contributed by atoms with Crippen LogP contribution in [0.3, 0.4) is 0 Å². The minimum absolute atomic E-state index is 0.0945. The van der Waals surface area contributed by atoms with Crippen LogP contribution >= 0.6 is 0 Å². The summed E-state index contributed by atoms with van der Waals surface area (Å²) in [5.74, 6) is 0.201. The number of H-pyrrole nitrogens is 1. The molecule has 1 aromatic carbocycles. The van der Waals surface area contributed by atoms with E-state index in [1.54, 1.807) is 0 Å². The first-order valence-corrected chi connectivity index (χ1v) is 8.14. The summed E-state index contributed by atoms with van der Waals surface area (Å²) in [6, 6.07) is 7.76. The molecule has 0 aliphatic heterocycles. The van der Waals surface area contributed by atoms with Crippen molar-refractivity contribution < 1.29 is 9.53 Å². The summed E-state index contributed by atoms with van der Waals surface area (Å²) >= 11 is 0. The summed E-state index contributed by atoms with van der Waals surface area (Å²) < 4.78 is 5.34. The Bertz CT molecular complexity index is 662. The molecule has 0 fully saturated rings. The molecule has 0 saturated carbocycles. The Balaban J connectivity index is 1.80. The Morgan fingerprint density at radius 2 is 2.17 bits per heavy atom. The van der Waals surface area contributed by atoms with E-state index in [9.17, 15) is 4.79 Å². The van der Waals surface area contributed by atoms with Gasteiger partial charge >= 0.3 is 0 Å². The number of primary amides is 1. The number of carbonyl (C=O) groups excluding carboxylic acids is 1. The average Bonchev–Trinajstić information content (AvgIpc) is 2.85. The van der Waals surface area contributed by atoms with Gasteiger partial charge in [0.15, 0.2) is 6.61 Å². The number of hydrogen-bond donors (Lipinski definition) is 2. The molecule has 6 heteroatoms. The minimum atomic E-state index is -0.470. The van der Waals surface area contributed by atoms with Crippen LogP contribution in [0.2, 0.25) is 0 Å². The quantitative estimate of drug-likeness (QED) is 0.736. The van der Waals surface area contributed by atoms with Crippen LogP contribution in [0.5, 0.6) is 5.75 Å². The van der Waals surface area contributed by atoms with Crippen LogP contribution in [-0.4, -0.2) is 41.2 Å². The standard InChI is InChI=1S/C18H26N4O2/c1-13-17(14(2)21-20-13)8-5-9-22(3)11-15-6-4-7-16(10-15)24-12-18(19)23/h4,6-7,10H,5,8-9,11-12H2,1-3H3,(H2,19,23)(H,20,21). The summed E-state index contributed by atoms with van der Waals surface area (Å²) in [5, 5.41) is 7.27. The molecule has 1 aromatic heterocycles. The maximum absolute atomic E-state index is 10.8. The van der Waals surface area contributed by atoms with Gasteiger partial charge in [-0.25, -0.2) is 0 Å². The highest BCUT2D eigenvalue weighted by Gasteiger charge is 2.07. The van der Waals surface area contributed by atoms with E-state index in [0.717, 1.165) is 42.9 Å². The highest BCUT2D eigenvalue weighted by molar-refractivity contribution is 5.75. The number of benzene rings is 1. The van der Waals surface area contributed by atoms with E-state index in [2.05, 4.69) is 35.1 Å². The van der Waals surface area contributed by atoms with Gasteiger partial charge in [-0.1, -0.05) is 12.1 Å². The van der Waals surface area contributed by atoms with Crippen molar-refractivity contribution in [3.05, 3.63) is 46.8 Å². The Morgan fingerprint density at radius 3 is 2.83 bits per heavy atom. The van der Waals surface area contributed by atoms with E-state index < -0.39 is 5.91 Å². The van der Waals surface area contributed by atoms with Gasteiger partial charge in [0, 0.05) is 12.2 Å². The molecule has 0 aliphatic rings. The molecule has 6 nitrogen and oxygen atoms in total. The molecule has 2 aromatic rings. The number of nitrogens with one attached hydrogen (secondary N) is 1. The van der Waals surface area contributed by atoms with Crippen molar-refractivity contribution in [3.8, 4) is 5.75 Å². The predicted octanol–water partition coefficient (Wildman–Crippen LogP) is 1.96. The van der Waals surface area contributed by atoms with Gasteiger partial charge in [-0.3, -0.25) is 9.89 Å². The molecule has 0 atom stereocenters. The molecule has 2 rings (SSSR count). The van der Waals surface area contributed by atoms with Crippen LogP contribution in [0.15, 0.2) is 24.3 Å². The summed E-state index contributed by atoms with van der Waals surface area (Å²) in [7, 11) is 2.10. The zero-order valence-electron chi connectivity index (χ0n) is 14.6. The number of nitrogens with two attached hydrogens (primary N) is 1. The monoisotopic (exact) mass is 330 g/mol. The predicted molar refractivity (Wildman–Crippen MR) is 93.8 cm³/mol. The van der Waals surface area contributed by atoms with Crippen molar-refractivity contribution in [2.75, 3.05) is 20.2 Å². The third kappa shape index (κ3) is 5.38. The zero-order valence-corrected chi connectivity index (χ0v) is 14.6. The van der Waals surface area contributed by atoms with Crippen LogP contribution in [-0.2, 0) is 17.8 Å². The van der Waals surface area contributed by atoms with Crippen molar-refractivity contribution in [3.63, 3.8) is 0 Å². The Hall–Kier alpha value is -2.34. The normalized spacial score (nSPS) is 11.0. The summed E-state index contributed by atoms with van der Waals surface area (Å²) in [6.07, 6.45) is 2.11. The van der Waals surface area contributed by atoms with Crippen molar-refractivity contribution in [2.24, 2.45) is 5.73 Å². The number of hydrogen-bond acceptors (Lipinski definition) is 4. The van der Waals surface area contributed by atoms with Crippen molar-refractivity contribution >= 4 is 5.91 Å². The van der Waals surface area contributed by atoms with E-state index in [1.165, 1.54) is 5.56 Å². The van der Waals surface area contributed by atoms with Crippen LogP contribution in [0.4, 0.5) is 0 Å². The third-order valence-electron chi connectivity index (χ3n) is 3.98. The van der Waals surface area contributed by atoms with Crippen LogP contribution in [0.25, 0.3) is 0 Å². The minimum Gasteiger partial charge on any atom is -0.484 e. The lowest BCUT2D eigenvalue weighted by molar-refractivity contribution is -0.119. The first kappa shape index (κ1) is 18.0. The summed E-state index contributed by atoms with van der Waals surface area (Å²) in [5.41, 5.74) is 9.82. The van der Waals surface area contributed by atoms with Crippen molar-refractivity contribution in [1.29, 1.82) is 0 Å². The van der Waals surface area contributed by atoms with Gasteiger partial charge < -0.3 is 15.4 Å². The van der Waals surface area contributed by atoms with Crippen LogP contribution in [0, 0.1) is 13.8 Å². The largest absolute Gasteiger partial charge is 0.484 e. The lowest BCUT2D eigenvalue weighted by Gasteiger charge is -2.17. The van der Waals surface area contributed by atoms with E-state index in [4.69, 9.17) is 10.5 Å². The molecule has 0 spiro atoms. The molecule has 0 unspecified atom stereocenters. The molecule has 24 heavy (non-hydrogen) atoms. The fourth-order valence-electron chi connectivity index (χ4n) is 2.75. The van der Waals surface area contributed by atoms with Gasteiger partial charge in [0.1, 0.15) is 5.75 Å². The van der Waals surface area contributed by atoms with Gasteiger partial charge in [-0.05, 0) is 63.5 Å². The van der Waals surface area contributed by atoms with Crippen LogP contribution < -0.4 is 10.5 Å². The molecule has 0 saturated heterocycles. The third-order valence-corrected chi connectivity index (χ3v) is 3.98. The highest BCUT2D eigenvalue weighted by atomic mass is 16.5. The van der Waals surface area contributed by atoms with E-state index in [0.29, 0.717) is 5.75 Å². The number of aromatic amines is 1. The second-order valence-corrected chi connectivity index (χ2v) is 6.16. The SMILES string of the molecule is Cc1n[nH]c(C)c1CCCN(C)Cc1cccc(OCC(N)=O)c1. The Labute approximate surface area is 143 Å². The topological polar surface area (TPSA) is 84.2 Å². The average molecular weight is 330 g/mol. The molecule has 3 N–H and O–H groups in total. The fourth-order valence-corrected chi connectivity index (χ4v) is 2.75. The number of aromatic nitrogens is 2. The molecule has 130 valence electrons. The van der Waals surface area contributed by atoms with Gasteiger partial charge in [-0.15, -0.1) is 0 Å². The van der Waals surface area contributed by atoms with E-state index >= 15 is 0 Å². The van der Waals surface area contributed by atoms with Crippen molar-refractivity contribution in [1.82, 2.24) is 15.1 Å². The lowest BCUT2D eigenvalue weighted by atomic mass is 10.1. The second kappa shape index (κ2) is 8.49. The number of ether oxygens (including phenoxy) is 1. The fraction of sp³-hybridized carbons (Fsp3) is 0.444.